The number of amides is 2. The molecule has 6 heteroatoms. The minimum absolute atomic E-state index is 0.224. The van der Waals surface area contributed by atoms with Crippen molar-refractivity contribution in [2.45, 2.75) is 31.3 Å². The van der Waals surface area contributed by atoms with Crippen LogP contribution in [0.5, 0.6) is 0 Å². The second-order valence-corrected chi connectivity index (χ2v) is 3.85. The molecular weight excluding hydrogens is 200 g/mol. The number of nitrogens with one attached hydrogen (secondary N) is 1. The van der Waals surface area contributed by atoms with Gasteiger partial charge in [0.2, 0.25) is 11.8 Å². The molecule has 0 aromatic rings. The SMILES string of the molecule is O=C(O)C[C@H]1NC(=O)[C@H]2CCCN2C1=O. The monoisotopic (exact) mass is 212 g/mol. The standard InChI is InChI=1S/C9H12N2O4/c12-7(13)4-5-9(15)11-3-1-2-6(11)8(14)10-5/h5-6H,1-4H2,(H,10,14)(H,12,13)/t5-,6-/m1/s1. The summed E-state index contributed by atoms with van der Waals surface area (Å²) >= 11 is 0. The molecule has 0 aromatic carbocycles. The van der Waals surface area contributed by atoms with Crippen LogP contribution in [0, 0.1) is 0 Å². The highest BCUT2D eigenvalue weighted by atomic mass is 16.4. The number of rotatable bonds is 2. The van der Waals surface area contributed by atoms with Gasteiger partial charge >= 0.3 is 5.97 Å². The number of carboxylic acid groups (broad SMARTS) is 1. The molecule has 0 radical (unpaired) electrons. The van der Waals surface area contributed by atoms with Gasteiger partial charge in [-0.2, -0.15) is 0 Å². The molecule has 0 aliphatic carbocycles. The van der Waals surface area contributed by atoms with Gasteiger partial charge in [-0.15, -0.1) is 0 Å². The summed E-state index contributed by atoms with van der Waals surface area (Å²) in [5, 5.41) is 11.0. The Labute approximate surface area is 86.2 Å². The quantitative estimate of drug-likeness (QED) is 0.611. The molecule has 0 bridgehead atoms. The number of carbonyl (C=O) groups excluding carboxylic acids is 2. The predicted octanol–water partition coefficient (Wildman–Crippen LogP) is -1.05. The van der Waals surface area contributed by atoms with E-state index in [2.05, 4.69) is 5.32 Å². The number of hydrogen-bond donors (Lipinski definition) is 2. The average Bonchev–Trinajstić information content (AvgIpc) is 2.61. The van der Waals surface area contributed by atoms with Crippen LogP contribution in [0.4, 0.5) is 0 Å². The normalized spacial score (nSPS) is 30.0. The van der Waals surface area contributed by atoms with E-state index in [0.717, 1.165) is 6.42 Å². The number of fused-ring (bicyclic) bond motifs is 1. The molecular formula is C9H12N2O4. The van der Waals surface area contributed by atoms with Gasteiger partial charge in [0.15, 0.2) is 0 Å². The third-order valence-electron chi connectivity index (χ3n) is 2.83. The molecule has 2 rings (SSSR count). The van der Waals surface area contributed by atoms with Crippen molar-refractivity contribution in [3.63, 3.8) is 0 Å². The summed E-state index contributed by atoms with van der Waals surface area (Å²) in [6.45, 7) is 0.563. The number of carbonyl (C=O) groups is 3. The van der Waals surface area contributed by atoms with Gasteiger partial charge in [-0.3, -0.25) is 14.4 Å². The van der Waals surface area contributed by atoms with E-state index in [-0.39, 0.29) is 24.3 Å². The summed E-state index contributed by atoms with van der Waals surface area (Å²) in [5.41, 5.74) is 0. The highest BCUT2D eigenvalue weighted by molar-refractivity contribution is 5.98. The fraction of sp³-hybridized carbons (Fsp3) is 0.667. The lowest BCUT2D eigenvalue weighted by Crippen LogP contribution is -2.61. The van der Waals surface area contributed by atoms with Gasteiger partial charge in [-0.25, -0.2) is 0 Å². The molecule has 6 nitrogen and oxygen atoms in total. The van der Waals surface area contributed by atoms with Crippen molar-refractivity contribution in [2.75, 3.05) is 6.54 Å². The first-order valence-electron chi connectivity index (χ1n) is 4.92. The van der Waals surface area contributed by atoms with Crippen LogP contribution in [0.3, 0.4) is 0 Å². The van der Waals surface area contributed by atoms with E-state index in [0.29, 0.717) is 13.0 Å². The van der Waals surface area contributed by atoms with E-state index in [1.54, 1.807) is 0 Å². The van der Waals surface area contributed by atoms with Gasteiger partial charge in [-0.1, -0.05) is 0 Å². The van der Waals surface area contributed by atoms with E-state index < -0.39 is 12.0 Å². The fourth-order valence-corrected chi connectivity index (χ4v) is 2.15. The van der Waals surface area contributed by atoms with E-state index in [4.69, 9.17) is 5.11 Å². The summed E-state index contributed by atoms with van der Waals surface area (Å²) in [4.78, 5) is 35.2. The Hall–Kier alpha value is -1.59. The van der Waals surface area contributed by atoms with Crippen molar-refractivity contribution in [1.82, 2.24) is 10.2 Å². The lowest BCUT2D eigenvalue weighted by atomic mass is 10.1. The van der Waals surface area contributed by atoms with Crippen molar-refractivity contribution in [3.05, 3.63) is 0 Å². The van der Waals surface area contributed by atoms with E-state index in [1.165, 1.54) is 4.90 Å². The highest BCUT2D eigenvalue weighted by Crippen LogP contribution is 2.22. The third-order valence-corrected chi connectivity index (χ3v) is 2.83. The molecule has 2 heterocycles. The van der Waals surface area contributed by atoms with Crippen LogP contribution >= 0.6 is 0 Å². The number of piperazine rings is 1. The van der Waals surface area contributed by atoms with E-state index in [1.807, 2.05) is 0 Å². The predicted molar refractivity (Wildman–Crippen MR) is 48.9 cm³/mol. The Balaban J connectivity index is 2.13. The first-order valence-corrected chi connectivity index (χ1v) is 4.92. The second kappa shape index (κ2) is 3.52. The number of hydrogen-bond acceptors (Lipinski definition) is 3. The Kier molecular flexibility index (Phi) is 2.34. The van der Waals surface area contributed by atoms with Crippen LogP contribution in [0.15, 0.2) is 0 Å². The molecule has 2 fully saturated rings. The van der Waals surface area contributed by atoms with Crippen molar-refractivity contribution >= 4 is 17.8 Å². The molecule has 0 spiro atoms. The average molecular weight is 212 g/mol. The zero-order valence-corrected chi connectivity index (χ0v) is 8.10. The van der Waals surface area contributed by atoms with Crippen LogP contribution in [0.25, 0.3) is 0 Å². The summed E-state index contributed by atoms with van der Waals surface area (Å²) in [7, 11) is 0. The zero-order chi connectivity index (χ0) is 11.0. The largest absolute Gasteiger partial charge is 0.481 e. The van der Waals surface area contributed by atoms with Gasteiger partial charge in [0, 0.05) is 6.54 Å². The highest BCUT2D eigenvalue weighted by Gasteiger charge is 2.43. The molecule has 2 saturated heterocycles. The molecule has 0 unspecified atom stereocenters. The van der Waals surface area contributed by atoms with Gasteiger partial charge in [-0.05, 0) is 12.8 Å². The van der Waals surface area contributed by atoms with Gasteiger partial charge in [0.05, 0.1) is 6.42 Å². The molecule has 82 valence electrons. The summed E-state index contributed by atoms with van der Waals surface area (Å²) in [5.74, 6) is -1.57. The number of carboxylic acids is 1. The Bertz CT molecular complexity index is 328. The van der Waals surface area contributed by atoms with Crippen molar-refractivity contribution in [3.8, 4) is 0 Å². The minimum Gasteiger partial charge on any atom is -0.481 e. The van der Waals surface area contributed by atoms with Crippen LogP contribution in [0.2, 0.25) is 0 Å². The van der Waals surface area contributed by atoms with Crippen LogP contribution in [0.1, 0.15) is 19.3 Å². The van der Waals surface area contributed by atoms with Gasteiger partial charge < -0.3 is 15.3 Å². The first-order chi connectivity index (χ1) is 7.09. The lowest BCUT2D eigenvalue weighted by molar-refractivity contribution is -0.150. The smallest absolute Gasteiger partial charge is 0.305 e. The molecule has 2 atom stereocenters. The maximum Gasteiger partial charge on any atom is 0.305 e. The minimum atomic E-state index is -1.08. The van der Waals surface area contributed by atoms with Crippen molar-refractivity contribution < 1.29 is 19.5 Å². The zero-order valence-electron chi connectivity index (χ0n) is 8.10. The molecule has 0 saturated carbocycles. The first kappa shape index (κ1) is 9.95. The molecule has 0 aromatic heterocycles. The van der Waals surface area contributed by atoms with Gasteiger partial charge in [0.1, 0.15) is 12.1 Å². The Morgan fingerprint density at radius 1 is 1.53 bits per heavy atom. The maximum atomic E-state index is 11.7. The van der Waals surface area contributed by atoms with E-state index >= 15 is 0 Å². The lowest BCUT2D eigenvalue weighted by Gasteiger charge is -2.33. The van der Waals surface area contributed by atoms with Gasteiger partial charge in [0.25, 0.3) is 0 Å². The molecule has 2 N–H and O–H groups in total. The van der Waals surface area contributed by atoms with Crippen molar-refractivity contribution in [2.24, 2.45) is 0 Å². The second-order valence-electron chi connectivity index (χ2n) is 3.85. The van der Waals surface area contributed by atoms with E-state index in [9.17, 15) is 14.4 Å². The number of nitrogens with zero attached hydrogens (tertiary/aromatic N) is 1. The summed E-state index contributed by atoms with van der Waals surface area (Å²) in [6, 6.07) is -1.26. The number of aliphatic carboxylic acids is 1. The summed E-state index contributed by atoms with van der Waals surface area (Å²) in [6.07, 6.45) is 1.15. The van der Waals surface area contributed by atoms with Crippen molar-refractivity contribution in [1.29, 1.82) is 0 Å². The summed E-state index contributed by atoms with van der Waals surface area (Å²) < 4.78 is 0. The van der Waals surface area contributed by atoms with Crippen LogP contribution < -0.4 is 5.32 Å². The molecule has 2 aliphatic rings. The fourth-order valence-electron chi connectivity index (χ4n) is 2.15. The Morgan fingerprint density at radius 2 is 2.27 bits per heavy atom. The van der Waals surface area contributed by atoms with Crippen LogP contribution in [-0.4, -0.2) is 46.4 Å². The van der Waals surface area contributed by atoms with Crippen LogP contribution in [-0.2, 0) is 14.4 Å². The molecule has 2 aliphatic heterocycles. The molecule has 2 amide bonds. The molecule has 15 heavy (non-hydrogen) atoms. The third kappa shape index (κ3) is 1.67. The maximum absolute atomic E-state index is 11.7. The Morgan fingerprint density at radius 3 is 2.93 bits per heavy atom. The topological polar surface area (TPSA) is 86.7 Å².